The molecule has 0 bridgehead atoms. The number of nitrogens with zero attached hydrogens (tertiary/aromatic N) is 2. The van der Waals surface area contributed by atoms with Gasteiger partial charge in [0.05, 0.1) is 12.3 Å². The summed E-state index contributed by atoms with van der Waals surface area (Å²) in [5.41, 5.74) is 2.01. The Bertz CT molecular complexity index is 1100. The zero-order valence-corrected chi connectivity index (χ0v) is 19.4. The van der Waals surface area contributed by atoms with Crippen LogP contribution in [0.1, 0.15) is 33.4 Å². The number of carbonyl (C=O) groups excluding carboxylic acids is 2. The Labute approximate surface area is 193 Å². The van der Waals surface area contributed by atoms with Gasteiger partial charge >= 0.3 is 12.1 Å². The Kier molecular flexibility index (Phi) is 7.22. The number of rotatable bonds is 6. The SMILES string of the molecule is CCOC(=O)Nc1ccc(Oc2ccc(NC(=O)Nc3cc(C(C)(C)C)nn3C)cc2)cc1. The molecule has 0 atom stereocenters. The molecule has 1 aromatic heterocycles. The maximum atomic E-state index is 12.4. The minimum Gasteiger partial charge on any atom is -0.457 e. The van der Waals surface area contributed by atoms with E-state index in [0.717, 1.165) is 5.69 Å². The molecule has 0 saturated carbocycles. The van der Waals surface area contributed by atoms with Gasteiger partial charge in [-0.05, 0) is 55.5 Å². The molecule has 3 amide bonds. The second-order valence-electron chi connectivity index (χ2n) is 8.36. The van der Waals surface area contributed by atoms with E-state index < -0.39 is 6.09 Å². The number of nitrogens with one attached hydrogen (secondary N) is 3. The van der Waals surface area contributed by atoms with Crippen molar-refractivity contribution >= 4 is 29.3 Å². The Balaban J connectivity index is 1.54. The third-order valence-electron chi connectivity index (χ3n) is 4.61. The van der Waals surface area contributed by atoms with Crippen LogP contribution in [-0.2, 0) is 17.2 Å². The predicted molar refractivity (Wildman–Crippen MR) is 128 cm³/mol. The van der Waals surface area contributed by atoms with Crippen LogP contribution in [0.25, 0.3) is 0 Å². The third-order valence-corrected chi connectivity index (χ3v) is 4.61. The van der Waals surface area contributed by atoms with Crippen LogP contribution in [0.4, 0.5) is 26.8 Å². The summed E-state index contributed by atoms with van der Waals surface area (Å²) in [5.74, 6) is 1.82. The highest BCUT2D eigenvalue weighted by Gasteiger charge is 2.19. The average Bonchev–Trinajstić information content (AvgIpc) is 3.12. The van der Waals surface area contributed by atoms with Gasteiger partial charge in [0.15, 0.2) is 0 Å². The first-order chi connectivity index (χ1) is 15.6. The number of aromatic nitrogens is 2. The van der Waals surface area contributed by atoms with Gasteiger partial charge in [-0.25, -0.2) is 9.59 Å². The van der Waals surface area contributed by atoms with E-state index in [1.807, 2.05) is 6.07 Å². The number of amides is 3. The predicted octanol–water partition coefficient (Wildman–Crippen LogP) is 5.72. The summed E-state index contributed by atoms with van der Waals surface area (Å²) in [4.78, 5) is 23.8. The Hall–Kier alpha value is -4.01. The summed E-state index contributed by atoms with van der Waals surface area (Å²) in [7, 11) is 1.79. The van der Waals surface area contributed by atoms with Gasteiger partial charge < -0.3 is 14.8 Å². The minimum atomic E-state index is -0.503. The van der Waals surface area contributed by atoms with Crippen molar-refractivity contribution in [2.24, 2.45) is 7.05 Å². The van der Waals surface area contributed by atoms with Gasteiger partial charge in [0.2, 0.25) is 0 Å². The Morgan fingerprint density at radius 2 is 1.45 bits per heavy atom. The standard InChI is InChI=1S/C24H29N5O4/c1-6-32-23(31)26-17-9-13-19(14-10-17)33-18-11-7-16(8-12-18)25-22(30)27-21-15-20(24(2,3)4)28-29(21)5/h7-15H,6H2,1-5H3,(H,26,31)(H2,25,27,30). The summed E-state index contributed by atoms with van der Waals surface area (Å²) in [5, 5.41) is 12.7. The molecule has 9 heteroatoms. The van der Waals surface area contributed by atoms with E-state index in [9.17, 15) is 9.59 Å². The van der Waals surface area contributed by atoms with E-state index in [1.165, 1.54) is 0 Å². The molecule has 0 unspecified atom stereocenters. The number of urea groups is 1. The molecular formula is C24H29N5O4. The molecule has 1 heterocycles. The molecule has 174 valence electrons. The lowest BCUT2D eigenvalue weighted by Crippen LogP contribution is -2.20. The number of carbonyl (C=O) groups is 2. The average molecular weight is 452 g/mol. The van der Waals surface area contributed by atoms with E-state index in [4.69, 9.17) is 9.47 Å². The molecular weight excluding hydrogens is 422 g/mol. The van der Waals surface area contributed by atoms with Crippen molar-refractivity contribution in [1.29, 1.82) is 0 Å². The largest absolute Gasteiger partial charge is 0.457 e. The van der Waals surface area contributed by atoms with Gasteiger partial charge in [0.1, 0.15) is 17.3 Å². The van der Waals surface area contributed by atoms with E-state index in [0.29, 0.717) is 35.3 Å². The van der Waals surface area contributed by atoms with Crippen molar-refractivity contribution < 1.29 is 19.1 Å². The van der Waals surface area contributed by atoms with E-state index in [2.05, 4.69) is 41.8 Å². The highest BCUT2D eigenvalue weighted by atomic mass is 16.5. The van der Waals surface area contributed by atoms with Crippen molar-refractivity contribution in [3.63, 3.8) is 0 Å². The summed E-state index contributed by atoms with van der Waals surface area (Å²) < 4.78 is 12.3. The first-order valence-corrected chi connectivity index (χ1v) is 10.6. The number of ether oxygens (including phenoxy) is 2. The maximum absolute atomic E-state index is 12.4. The smallest absolute Gasteiger partial charge is 0.411 e. The summed E-state index contributed by atoms with van der Waals surface area (Å²) >= 11 is 0. The van der Waals surface area contributed by atoms with Crippen LogP contribution in [0.3, 0.4) is 0 Å². The first-order valence-electron chi connectivity index (χ1n) is 10.6. The monoisotopic (exact) mass is 451 g/mol. The number of hydrogen-bond donors (Lipinski definition) is 3. The molecule has 0 radical (unpaired) electrons. The highest BCUT2D eigenvalue weighted by molar-refractivity contribution is 5.99. The van der Waals surface area contributed by atoms with Gasteiger partial charge in [0, 0.05) is 29.9 Å². The summed E-state index contributed by atoms with van der Waals surface area (Å²) in [6, 6.07) is 15.4. The molecule has 3 rings (SSSR count). The van der Waals surface area contributed by atoms with Crippen LogP contribution in [0.15, 0.2) is 54.6 Å². The van der Waals surface area contributed by atoms with Gasteiger partial charge in [-0.3, -0.25) is 15.3 Å². The molecule has 33 heavy (non-hydrogen) atoms. The minimum absolute atomic E-state index is 0.109. The lowest BCUT2D eigenvalue weighted by molar-refractivity contribution is 0.168. The van der Waals surface area contributed by atoms with Crippen molar-refractivity contribution in [3.8, 4) is 11.5 Å². The molecule has 0 aliphatic heterocycles. The molecule has 0 fully saturated rings. The van der Waals surface area contributed by atoms with Crippen LogP contribution in [0, 0.1) is 0 Å². The van der Waals surface area contributed by atoms with Crippen molar-refractivity contribution in [2.75, 3.05) is 22.6 Å². The fraction of sp³-hybridized carbons (Fsp3) is 0.292. The number of aryl methyl sites for hydroxylation is 1. The van der Waals surface area contributed by atoms with Gasteiger partial charge in [-0.1, -0.05) is 20.8 Å². The zero-order chi connectivity index (χ0) is 24.0. The van der Waals surface area contributed by atoms with E-state index >= 15 is 0 Å². The second-order valence-corrected chi connectivity index (χ2v) is 8.36. The maximum Gasteiger partial charge on any atom is 0.411 e. The molecule has 2 aromatic carbocycles. The van der Waals surface area contributed by atoms with E-state index in [-0.39, 0.29) is 11.4 Å². The Morgan fingerprint density at radius 1 is 0.909 bits per heavy atom. The van der Waals surface area contributed by atoms with Gasteiger partial charge in [0.25, 0.3) is 0 Å². The molecule has 0 spiro atoms. The normalized spacial score (nSPS) is 10.9. The molecule has 3 aromatic rings. The molecule has 3 N–H and O–H groups in total. The van der Waals surface area contributed by atoms with Crippen LogP contribution in [0.5, 0.6) is 11.5 Å². The van der Waals surface area contributed by atoms with E-state index in [1.54, 1.807) is 67.2 Å². The van der Waals surface area contributed by atoms with Crippen LogP contribution >= 0.6 is 0 Å². The second kappa shape index (κ2) is 10.1. The summed E-state index contributed by atoms with van der Waals surface area (Å²) in [6.45, 7) is 8.25. The molecule has 0 aliphatic rings. The third kappa shape index (κ3) is 6.73. The lowest BCUT2D eigenvalue weighted by Gasteiger charge is -2.13. The van der Waals surface area contributed by atoms with Crippen molar-refractivity contribution in [3.05, 3.63) is 60.3 Å². The van der Waals surface area contributed by atoms with Gasteiger partial charge in [-0.2, -0.15) is 5.10 Å². The molecule has 0 saturated heterocycles. The summed E-state index contributed by atoms with van der Waals surface area (Å²) in [6.07, 6.45) is -0.503. The fourth-order valence-electron chi connectivity index (χ4n) is 2.86. The quantitative estimate of drug-likeness (QED) is 0.444. The number of benzene rings is 2. The van der Waals surface area contributed by atoms with Crippen LogP contribution in [0.2, 0.25) is 0 Å². The Morgan fingerprint density at radius 3 is 1.94 bits per heavy atom. The number of hydrogen-bond acceptors (Lipinski definition) is 5. The molecule has 9 nitrogen and oxygen atoms in total. The molecule has 0 aliphatic carbocycles. The topological polar surface area (TPSA) is 107 Å². The van der Waals surface area contributed by atoms with Crippen LogP contribution in [-0.4, -0.2) is 28.5 Å². The zero-order valence-electron chi connectivity index (χ0n) is 19.4. The van der Waals surface area contributed by atoms with Gasteiger partial charge in [-0.15, -0.1) is 0 Å². The first kappa shape index (κ1) is 23.6. The highest BCUT2D eigenvalue weighted by Crippen LogP contribution is 2.25. The lowest BCUT2D eigenvalue weighted by atomic mass is 9.92. The van der Waals surface area contributed by atoms with Crippen molar-refractivity contribution in [2.45, 2.75) is 33.1 Å². The fourth-order valence-corrected chi connectivity index (χ4v) is 2.86. The number of anilines is 3. The van der Waals surface area contributed by atoms with Crippen molar-refractivity contribution in [1.82, 2.24) is 9.78 Å². The van der Waals surface area contributed by atoms with Crippen LogP contribution < -0.4 is 20.7 Å².